The van der Waals surface area contributed by atoms with Gasteiger partial charge in [-0.25, -0.2) is 0 Å². The largest absolute Gasteiger partial charge is 0.0718 e. The summed E-state index contributed by atoms with van der Waals surface area (Å²) in [6.07, 6.45) is 22.6. The fraction of sp³-hybridized carbons (Fsp3) is 0.769. The van der Waals surface area contributed by atoms with E-state index in [1.807, 2.05) is 5.30 Å². The van der Waals surface area contributed by atoms with Crippen molar-refractivity contribution in [1.82, 2.24) is 0 Å². The van der Waals surface area contributed by atoms with Gasteiger partial charge in [0, 0.05) is 0 Å². The summed E-state index contributed by atoms with van der Waals surface area (Å²) in [6, 6.07) is 7.41. The average Bonchev–Trinajstić information content (AvgIpc) is 2.71. The fourth-order valence-corrected chi connectivity index (χ4v) is 8.17. The lowest BCUT2D eigenvalue weighted by molar-refractivity contribution is 0.511. The summed E-state index contributed by atoms with van der Waals surface area (Å²) >= 11 is 0. The second kappa shape index (κ2) is 13.8. The van der Waals surface area contributed by atoms with E-state index in [1.165, 1.54) is 102 Å². The minimum Gasteiger partial charge on any atom is -0.0718 e. The minimum absolute atomic E-state index is 0.0409. The maximum Gasteiger partial charge on any atom is -0.0169 e. The average molecular weight is 389 g/mol. The van der Waals surface area contributed by atoms with E-state index in [0.717, 1.165) is 5.66 Å². The molecule has 0 heterocycles. The van der Waals surface area contributed by atoms with Crippen molar-refractivity contribution >= 4 is 13.2 Å². The van der Waals surface area contributed by atoms with Crippen LogP contribution >= 0.6 is 7.92 Å². The van der Waals surface area contributed by atoms with Gasteiger partial charge in [0.15, 0.2) is 0 Å². The number of hydrogen-bond acceptors (Lipinski definition) is 0. The first kappa shape index (κ1) is 22.9. The molecule has 0 aliphatic heterocycles. The van der Waals surface area contributed by atoms with Crippen LogP contribution in [0.2, 0.25) is 0 Å². The van der Waals surface area contributed by atoms with Gasteiger partial charge in [-0.1, -0.05) is 98.3 Å². The number of hydrogen-bond donors (Lipinski definition) is 0. The zero-order valence-corrected chi connectivity index (χ0v) is 19.5. The van der Waals surface area contributed by atoms with Crippen LogP contribution in [0, 0.1) is 0 Å². The smallest absolute Gasteiger partial charge is 0.0169 e. The Kier molecular flexibility index (Phi) is 11.7. The van der Waals surface area contributed by atoms with E-state index in [4.69, 9.17) is 0 Å². The van der Waals surface area contributed by atoms with Gasteiger partial charge in [0.05, 0.1) is 0 Å². The third-order valence-corrected chi connectivity index (χ3v) is 9.64. The van der Waals surface area contributed by atoms with Crippen LogP contribution in [-0.4, -0.2) is 11.8 Å². The highest BCUT2D eigenvalue weighted by atomic mass is 31.1. The second-order valence-corrected chi connectivity index (χ2v) is 11.3. The molecule has 0 spiro atoms. The van der Waals surface area contributed by atoms with Crippen molar-refractivity contribution in [1.29, 1.82) is 0 Å². The molecule has 1 aliphatic rings. The summed E-state index contributed by atoms with van der Waals surface area (Å²) < 4.78 is 0. The quantitative estimate of drug-likeness (QED) is 0.235. The molecule has 1 aromatic rings. The fourth-order valence-electron chi connectivity index (χ4n) is 4.74. The third kappa shape index (κ3) is 7.53. The highest BCUT2D eigenvalue weighted by Crippen LogP contribution is 2.49. The molecule has 0 saturated heterocycles. The van der Waals surface area contributed by atoms with Gasteiger partial charge >= 0.3 is 0 Å². The summed E-state index contributed by atoms with van der Waals surface area (Å²) in [6.45, 7) is 7.02. The van der Waals surface area contributed by atoms with Crippen molar-refractivity contribution in [2.45, 2.75) is 123 Å². The van der Waals surface area contributed by atoms with Crippen LogP contribution in [0.25, 0.3) is 0 Å². The van der Waals surface area contributed by atoms with Crippen molar-refractivity contribution in [3.63, 3.8) is 0 Å². The van der Waals surface area contributed by atoms with E-state index in [0.29, 0.717) is 0 Å². The van der Waals surface area contributed by atoms with Gasteiger partial charge in [-0.2, -0.15) is 0 Å². The summed E-state index contributed by atoms with van der Waals surface area (Å²) in [7, 11) is 0.0409. The van der Waals surface area contributed by atoms with E-state index < -0.39 is 0 Å². The van der Waals surface area contributed by atoms with E-state index >= 15 is 0 Å². The highest BCUT2D eigenvalue weighted by molar-refractivity contribution is 7.66. The first-order chi connectivity index (χ1) is 13.3. The van der Waals surface area contributed by atoms with E-state index in [-0.39, 0.29) is 7.92 Å². The lowest BCUT2D eigenvalue weighted by Crippen LogP contribution is -2.22. The normalized spacial score (nSPS) is 16.6. The number of aryl methyl sites for hydroxylation is 1. The molecule has 1 unspecified atom stereocenters. The molecule has 0 N–H and O–H groups in total. The molecule has 1 fully saturated rings. The molecule has 1 heteroatoms. The zero-order chi connectivity index (χ0) is 19.3. The second-order valence-electron chi connectivity index (χ2n) is 8.67. The molecule has 0 radical (unpaired) electrons. The molecule has 0 bridgehead atoms. The van der Waals surface area contributed by atoms with Crippen LogP contribution in [0.5, 0.6) is 0 Å². The molecule has 1 aromatic carbocycles. The topological polar surface area (TPSA) is 0 Å². The lowest BCUT2D eigenvalue weighted by Gasteiger charge is -2.33. The first-order valence-electron chi connectivity index (χ1n) is 12.2. The summed E-state index contributed by atoms with van der Waals surface area (Å²) in [5, 5.41) is 1.83. The van der Waals surface area contributed by atoms with Crippen LogP contribution in [-0.2, 0) is 12.8 Å². The van der Waals surface area contributed by atoms with Gasteiger partial charge in [-0.05, 0) is 73.2 Å². The Morgan fingerprint density at radius 2 is 1.48 bits per heavy atom. The predicted octanol–water partition coefficient (Wildman–Crippen LogP) is 8.39. The zero-order valence-electron chi connectivity index (χ0n) is 18.6. The monoisotopic (exact) mass is 388 g/mol. The molecule has 27 heavy (non-hydrogen) atoms. The highest BCUT2D eigenvalue weighted by Gasteiger charge is 2.26. The molecule has 0 aromatic heterocycles. The van der Waals surface area contributed by atoms with Gasteiger partial charge in [-0.3, -0.25) is 0 Å². The Morgan fingerprint density at radius 3 is 2.19 bits per heavy atom. The molecule has 1 aliphatic carbocycles. The summed E-state index contributed by atoms with van der Waals surface area (Å²) in [4.78, 5) is 0. The van der Waals surface area contributed by atoms with Crippen LogP contribution in [0.4, 0.5) is 0 Å². The Morgan fingerprint density at radius 1 is 0.778 bits per heavy atom. The van der Waals surface area contributed by atoms with Crippen LogP contribution < -0.4 is 5.30 Å². The van der Waals surface area contributed by atoms with Crippen molar-refractivity contribution in [3.8, 4) is 0 Å². The Bertz CT molecular complexity index is 501. The van der Waals surface area contributed by atoms with E-state index in [9.17, 15) is 0 Å². The van der Waals surface area contributed by atoms with Gasteiger partial charge in [0.25, 0.3) is 0 Å². The maximum atomic E-state index is 2.56. The third-order valence-electron chi connectivity index (χ3n) is 6.41. The van der Waals surface area contributed by atoms with Gasteiger partial charge in [0.1, 0.15) is 0 Å². The molecule has 2 rings (SSSR count). The number of benzene rings is 1. The molecule has 154 valence electrons. The Balaban J connectivity index is 2.26. The molecule has 1 atom stereocenters. The van der Waals surface area contributed by atoms with Crippen LogP contribution in [0.1, 0.15) is 115 Å². The Labute approximate surface area is 171 Å². The number of rotatable bonds is 13. The maximum absolute atomic E-state index is 2.56. The van der Waals surface area contributed by atoms with Crippen LogP contribution in [0.15, 0.2) is 18.2 Å². The Hall–Kier alpha value is -0.350. The predicted molar refractivity (Wildman–Crippen MR) is 126 cm³/mol. The van der Waals surface area contributed by atoms with Crippen molar-refractivity contribution in [2.75, 3.05) is 6.16 Å². The van der Waals surface area contributed by atoms with Crippen molar-refractivity contribution in [2.24, 2.45) is 0 Å². The van der Waals surface area contributed by atoms with E-state index in [2.05, 4.69) is 39.0 Å². The van der Waals surface area contributed by atoms with Gasteiger partial charge < -0.3 is 0 Å². The molecule has 1 saturated carbocycles. The SMILES string of the molecule is CCCCCCP(c1cccc(CCCC)c1CCCC)C1CCCCC1. The van der Waals surface area contributed by atoms with E-state index in [1.54, 1.807) is 11.1 Å². The first-order valence-corrected chi connectivity index (χ1v) is 13.8. The minimum atomic E-state index is 0.0409. The summed E-state index contributed by atoms with van der Waals surface area (Å²) in [5.41, 5.74) is 4.50. The lowest BCUT2D eigenvalue weighted by atomic mass is 9.98. The number of unbranched alkanes of at least 4 members (excludes halogenated alkanes) is 5. The van der Waals surface area contributed by atoms with Gasteiger partial charge in [0.2, 0.25) is 0 Å². The van der Waals surface area contributed by atoms with Crippen molar-refractivity contribution < 1.29 is 0 Å². The van der Waals surface area contributed by atoms with Crippen molar-refractivity contribution in [3.05, 3.63) is 29.3 Å². The molecule has 0 nitrogen and oxygen atoms in total. The molecular weight excluding hydrogens is 343 g/mol. The molecular formula is C26H45P. The van der Waals surface area contributed by atoms with Gasteiger partial charge in [-0.15, -0.1) is 0 Å². The summed E-state index contributed by atoms with van der Waals surface area (Å²) in [5.74, 6) is 0. The molecule has 0 amide bonds. The standard InChI is InChI=1S/C26H45P/c1-4-7-10-14-22-27(24-18-12-11-13-19-24)26-21-15-17-23(16-8-5-2)25(26)20-9-6-3/h15,17,21,24H,4-14,16,18-20,22H2,1-3H3. The van der Waals surface area contributed by atoms with Crippen LogP contribution in [0.3, 0.4) is 0 Å².